The minimum Gasteiger partial charge on any atom is -0.405 e. The first-order valence-electron chi connectivity index (χ1n) is 9.82. The normalized spacial score (nSPS) is 13.4. The van der Waals surface area contributed by atoms with Crippen molar-refractivity contribution < 1.29 is 22.7 Å². The maximum atomic E-state index is 12.6. The molecule has 2 aromatic heterocycles. The van der Waals surface area contributed by atoms with Crippen LogP contribution < -0.4 is 10.3 Å². The van der Waals surface area contributed by atoms with Gasteiger partial charge in [-0.25, -0.2) is 4.98 Å². The number of para-hydroxylation sites is 1. The van der Waals surface area contributed by atoms with Crippen LogP contribution in [0.15, 0.2) is 29.1 Å². The summed E-state index contributed by atoms with van der Waals surface area (Å²) in [6, 6.07) is 5.71. The van der Waals surface area contributed by atoms with E-state index >= 15 is 0 Å². The Morgan fingerprint density at radius 2 is 2.06 bits per heavy atom. The van der Waals surface area contributed by atoms with Crippen molar-refractivity contribution >= 4 is 27.5 Å². The number of aromatic amines is 1. The van der Waals surface area contributed by atoms with Crippen LogP contribution >= 0.6 is 11.3 Å². The predicted molar refractivity (Wildman–Crippen MR) is 110 cm³/mol. The smallest absolute Gasteiger partial charge is 0.405 e. The summed E-state index contributed by atoms with van der Waals surface area (Å²) in [4.78, 5) is 35.5. The number of nitrogens with one attached hydrogen (secondary N) is 1. The highest BCUT2D eigenvalue weighted by molar-refractivity contribution is 7.18. The first kappa shape index (κ1) is 21.4. The maximum absolute atomic E-state index is 12.6. The number of aromatic nitrogens is 2. The summed E-state index contributed by atoms with van der Waals surface area (Å²) in [7, 11) is 1.51. The molecule has 0 aliphatic heterocycles. The van der Waals surface area contributed by atoms with E-state index in [9.17, 15) is 22.8 Å². The number of fused-ring (bicyclic) bond motifs is 3. The van der Waals surface area contributed by atoms with Crippen LogP contribution in [-0.2, 0) is 30.6 Å². The Labute approximate surface area is 179 Å². The van der Waals surface area contributed by atoms with E-state index in [1.807, 2.05) is 0 Å². The second kappa shape index (κ2) is 8.33. The molecule has 1 aliphatic carbocycles. The number of hydrogen-bond acceptors (Lipinski definition) is 5. The predicted octanol–water partition coefficient (Wildman–Crippen LogP) is 3.96. The van der Waals surface area contributed by atoms with Crippen LogP contribution in [0.5, 0.6) is 5.75 Å². The van der Waals surface area contributed by atoms with Crippen molar-refractivity contribution in [2.75, 3.05) is 7.05 Å². The maximum Gasteiger partial charge on any atom is 0.573 e. The van der Waals surface area contributed by atoms with E-state index < -0.39 is 6.36 Å². The number of carbonyl (C=O) groups is 1. The standard InChI is InChI=1S/C21H20F3N3O3S/c1-27(11-12-5-2-3-7-14(12)30-21(22,23)24)17(28)10-9-16-25-19(29)18-13-6-4-8-15(13)31-20(18)26-16/h2-3,5,7H,4,6,8-11H2,1H3,(H,25,26,29). The number of thiophene rings is 1. The van der Waals surface area contributed by atoms with E-state index in [0.717, 1.165) is 24.8 Å². The number of aryl methyl sites for hydroxylation is 3. The van der Waals surface area contributed by atoms with Gasteiger partial charge in [0.2, 0.25) is 5.91 Å². The molecule has 0 atom stereocenters. The van der Waals surface area contributed by atoms with Crippen molar-refractivity contribution in [3.63, 3.8) is 0 Å². The van der Waals surface area contributed by atoms with Crippen molar-refractivity contribution in [1.82, 2.24) is 14.9 Å². The molecular formula is C21H20F3N3O3S. The Bertz CT molecular complexity index is 1190. The van der Waals surface area contributed by atoms with Gasteiger partial charge in [0.05, 0.1) is 5.39 Å². The van der Waals surface area contributed by atoms with Crippen molar-refractivity contribution in [3.8, 4) is 5.75 Å². The van der Waals surface area contributed by atoms with Gasteiger partial charge in [-0.05, 0) is 30.9 Å². The Balaban J connectivity index is 1.42. The molecule has 0 spiro atoms. The highest BCUT2D eigenvalue weighted by Gasteiger charge is 2.32. The summed E-state index contributed by atoms with van der Waals surface area (Å²) < 4.78 is 41.8. The molecule has 0 fully saturated rings. The number of rotatable bonds is 6. The summed E-state index contributed by atoms with van der Waals surface area (Å²) in [6.45, 7) is -0.0360. The van der Waals surface area contributed by atoms with Gasteiger partial charge in [-0.2, -0.15) is 0 Å². The number of amides is 1. The molecule has 0 bridgehead atoms. The van der Waals surface area contributed by atoms with Crippen molar-refractivity contribution in [3.05, 3.63) is 56.4 Å². The lowest BCUT2D eigenvalue weighted by Crippen LogP contribution is -2.27. The average Bonchev–Trinajstić information content (AvgIpc) is 3.27. The van der Waals surface area contributed by atoms with Gasteiger partial charge >= 0.3 is 6.36 Å². The topological polar surface area (TPSA) is 75.3 Å². The quantitative estimate of drug-likeness (QED) is 0.616. The van der Waals surface area contributed by atoms with E-state index in [0.29, 0.717) is 16.0 Å². The fourth-order valence-electron chi connectivity index (χ4n) is 3.78. The average molecular weight is 451 g/mol. The van der Waals surface area contributed by atoms with Crippen LogP contribution in [0.3, 0.4) is 0 Å². The Morgan fingerprint density at radius 1 is 1.29 bits per heavy atom. The number of benzene rings is 1. The molecule has 3 aromatic rings. The molecule has 10 heteroatoms. The van der Waals surface area contributed by atoms with Crippen molar-refractivity contribution in [1.29, 1.82) is 0 Å². The van der Waals surface area contributed by atoms with Gasteiger partial charge in [-0.1, -0.05) is 18.2 Å². The summed E-state index contributed by atoms with van der Waals surface area (Å²) in [5.41, 5.74) is 1.16. The van der Waals surface area contributed by atoms with Gasteiger partial charge in [-0.3, -0.25) is 9.59 Å². The second-order valence-electron chi connectivity index (χ2n) is 7.46. The zero-order valence-corrected chi connectivity index (χ0v) is 17.5. The number of halogens is 3. The lowest BCUT2D eigenvalue weighted by atomic mass is 10.1. The summed E-state index contributed by atoms with van der Waals surface area (Å²) in [6.07, 6.45) is -1.60. The molecule has 1 aromatic carbocycles. The van der Waals surface area contributed by atoms with Crippen LogP contribution in [-0.4, -0.2) is 34.2 Å². The summed E-state index contributed by atoms with van der Waals surface area (Å²) >= 11 is 1.53. The van der Waals surface area contributed by atoms with Crippen LogP contribution in [0.4, 0.5) is 13.2 Å². The van der Waals surface area contributed by atoms with Gasteiger partial charge in [0.1, 0.15) is 16.4 Å². The molecule has 2 heterocycles. The van der Waals surface area contributed by atoms with Gasteiger partial charge in [0, 0.05) is 36.9 Å². The van der Waals surface area contributed by atoms with Crippen LogP contribution in [0, 0.1) is 0 Å². The van der Waals surface area contributed by atoms with Crippen molar-refractivity contribution in [2.24, 2.45) is 0 Å². The van der Waals surface area contributed by atoms with Crippen LogP contribution in [0.25, 0.3) is 10.2 Å². The van der Waals surface area contributed by atoms with Gasteiger partial charge in [0.25, 0.3) is 5.56 Å². The first-order chi connectivity index (χ1) is 14.7. The largest absolute Gasteiger partial charge is 0.573 e. The third-order valence-corrected chi connectivity index (χ3v) is 6.42. The number of hydrogen-bond donors (Lipinski definition) is 1. The Hall–Kier alpha value is -2.88. The molecule has 1 aliphatic rings. The molecule has 6 nitrogen and oxygen atoms in total. The van der Waals surface area contributed by atoms with Gasteiger partial charge in [-0.15, -0.1) is 24.5 Å². The zero-order chi connectivity index (χ0) is 22.2. The molecule has 1 amide bonds. The highest BCUT2D eigenvalue weighted by Crippen LogP contribution is 2.34. The summed E-state index contributed by atoms with van der Waals surface area (Å²) in [5, 5.41) is 0.658. The third-order valence-electron chi connectivity index (χ3n) is 5.23. The number of H-pyrrole nitrogens is 1. The number of nitrogens with zero attached hydrogens (tertiary/aromatic N) is 2. The monoisotopic (exact) mass is 451 g/mol. The Kier molecular flexibility index (Phi) is 5.74. The number of carbonyl (C=O) groups excluding carboxylic acids is 1. The fourth-order valence-corrected chi connectivity index (χ4v) is 5.06. The molecule has 0 saturated heterocycles. The second-order valence-corrected chi connectivity index (χ2v) is 8.54. The van der Waals surface area contributed by atoms with Gasteiger partial charge in [0.15, 0.2) is 0 Å². The molecule has 164 valence electrons. The van der Waals surface area contributed by atoms with E-state index in [-0.39, 0.29) is 42.2 Å². The lowest BCUT2D eigenvalue weighted by Gasteiger charge is -2.20. The molecule has 31 heavy (non-hydrogen) atoms. The van der Waals surface area contributed by atoms with E-state index in [2.05, 4.69) is 14.7 Å². The minimum atomic E-state index is -4.81. The number of ether oxygens (including phenoxy) is 1. The lowest BCUT2D eigenvalue weighted by molar-refractivity contribution is -0.275. The highest BCUT2D eigenvalue weighted by atomic mass is 32.1. The zero-order valence-electron chi connectivity index (χ0n) is 16.7. The van der Waals surface area contributed by atoms with E-state index in [4.69, 9.17) is 0 Å². The minimum absolute atomic E-state index is 0.0360. The molecular weight excluding hydrogens is 431 g/mol. The van der Waals surface area contributed by atoms with E-state index in [1.54, 1.807) is 6.07 Å². The van der Waals surface area contributed by atoms with Gasteiger partial charge < -0.3 is 14.6 Å². The van der Waals surface area contributed by atoms with Crippen LogP contribution in [0.1, 0.15) is 34.7 Å². The number of alkyl halides is 3. The third kappa shape index (κ3) is 4.73. The fraction of sp³-hybridized carbons (Fsp3) is 0.381. The van der Waals surface area contributed by atoms with Crippen molar-refractivity contribution in [2.45, 2.75) is 45.0 Å². The summed E-state index contributed by atoms with van der Waals surface area (Å²) in [5.74, 6) is -0.185. The van der Waals surface area contributed by atoms with Crippen LogP contribution in [0.2, 0.25) is 0 Å². The molecule has 1 N–H and O–H groups in total. The molecule has 0 radical (unpaired) electrons. The molecule has 0 unspecified atom stereocenters. The van der Waals surface area contributed by atoms with E-state index in [1.165, 1.54) is 46.4 Å². The SMILES string of the molecule is CN(Cc1ccccc1OC(F)(F)F)C(=O)CCc1nc2sc3c(c2c(=O)[nH]1)CCC3. The Morgan fingerprint density at radius 3 is 2.84 bits per heavy atom. The molecule has 4 rings (SSSR count). The molecule has 0 saturated carbocycles. The first-order valence-corrected chi connectivity index (χ1v) is 10.6.